The summed E-state index contributed by atoms with van der Waals surface area (Å²) in [4.78, 5) is 10.9. The highest BCUT2D eigenvalue weighted by Gasteiger charge is 2.24. The van der Waals surface area contributed by atoms with Gasteiger partial charge in [0.1, 0.15) is 18.0 Å². The van der Waals surface area contributed by atoms with Gasteiger partial charge in [0.25, 0.3) is 0 Å². The van der Waals surface area contributed by atoms with Gasteiger partial charge in [-0.2, -0.15) is 0 Å². The molecule has 2 rings (SSSR count). The summed E-state index contributed by atoms with van der Waals surface area (Å²) in [6.45, 7) is 3.32. The van der Waals surface area contributed by atoms with Crippen molar-refractivity contribution in [2.24, 2.45) is 5.73 Å². The summed E-state index contributed by atoms with van der Waals surface area (Å²) in [6.07, 6.45) is 4.91. The van der Waals surface area contributed by atoms with Crippen LogP contribution in [0, 0.1) is 0 Å². The molecular formula is C13H23N5O. The van der Waals surface area contributed by atoms with Gasteiger partial charge in [-0.05, 0) is 19.3 Å². The molecule has 106 valence electrons. The van der Waals surface area contributed by atoms with Crippen LogP contribution in [0.5, 0.6) is 0 Å². The predicted molar refractivity (Wildman–Crippen MR) is 76.4 cm³/mol. The molecule has 0 aliphatic carbocycles. The van der Waals surface area contributed by atoms with E-state index in [0.717, 1.165) is 44.2 Å². The standard InChI is InChI=1S/C13H23N5O/c1-19-7-3-5-15-12-8-13(17-10-16-12)18-6-2-4-11(18)9-14/h8,10-11H,2-7,9,14H2,1H3,(H,15,16,17). The van der Waals surface area contributed by atoms with E-state index in [4.69, 9.17) is 10.5 Å². The first kappa shape index (κ1) is 14.0. The number of nitrogens with two attached hydrogens (primary N) is 1. The number of nitrogens with one attached hydrogen (secondary N) is 1. The molecule has 1 atom stereocenters. The molecule has 0 bridgehead atoms. The maximum absolute atomic E-state index is 5.80. The molecule has 1 aromatic heterocycles. The largest absolute Gasteiger partial charge is 0.385 e. The van der Waals surface area contributed by atoms with Gasteiger partial charge < -0.3 is 20.7 Å². The zero-order chi connectivity index (χ0) is 13.5. The highest BCUT2D eigenvalue weighted by molar-refractivity contribution is 5.49. The lowest BCUT2D eigenvalue weighted by atomic mass is 10.2. The van der Waals surface area contributed by atoms with Crippen molar-refractivity contribution >= 4 is 11.6 Å². The van der Waals surface area contributed by atoms with Crippen molar-refractivity contribution in [3.63, 3.8) is 0 Å². The van der Waals surface area contributed by atoms with Crippen molar-refractivity contribution in [3.05, 3.63) is 12.4 Å². The Labute approximate surface area is 114 Å². The molecule has 1 fully saturated rings. The molecule has 1 saturated heterocycles. The van der Waals surface area contributed by atoms with E-state index in [1.54, 1.807) is 13.4 Å². The van der Waals surface area contributed by atoms with Gasteiger partial charge in [0.15, 0.2) is 0 Å². The second-order valence-corrected chi connectivity index (χ2v) is 4.76. The van der Waals surface area contributed by atoms with Crippen LogP contribution in [0.2, 0.25) is 0 Å². The van der Waals surface area contributed by atoms with Crippen molar-refractivity contribution < 1.29 is 4.74 Å². The average Bonchev–Trinajstić information content (AvgIpc) is 2.92. The summed E-state index contributed by atoms with van der Waals surface area (Å²) in [5, 5.41) is 3.29. The minimum Gasteiger partial charge on any atom is -0.385 e. The maximum atomic E-state index is 5.80. The number of ether oxygens (including phenoxy) is 1. The third-order valence-electron chi connectivity index (χ3n) is 3.43. The average molecular weight is 265 g/mol. The summed E-state index contributed by atoms with van der Waals surface area (Å²) in [6, 6.07) is 2.41. The first-order valence-corrected chi connectivity index (χ1v) is 6.86. The lowest BCUT2D eigenvalue weighted by Crippen LogP contribution is -2.35. The van der Waals surface area contributed by atoms with Gasteiger partial charge in [0.2, 0.25) is 0 Å². The van der Waals surface area contributed by atoms with Crippen LogP contribution in [0.15, 0.2) is 12.4 Å². The minimum absolute atomic E-state index is 0.413. The van der Waals surface area contributed by atoms with Crippen LogP contribution in [0.3, 0.4) is 0 Å². The van der Waals surface area contributed by atoms with E-state index >= 15 is 0 Å². The molecule has 0 spiro atoms. The number of aromatic nitrogens is 2. The van der Waals surface area contributed by atoms with E-state index in [0.29, 0.717) is 12.6 Å². The van der Waals surface area contributed by atoms with Crippen LogP contribution >= 0.6 is 0 Å². The quantitative estimate of drug-likeness (QED) is 0.712. The zero-order valence-electron chi connectivity index (χ0n) is 11.5. The van der Waals surface area contributed by atoms with E-state index in [1.807, 2.05) is 6.07 Å². The Kier molecular flexibility index (Phi) is 5.35. The molecule has 19 heavy (non-hydrogen) atoms. The van der Waals surface area contributed by atoms with Gasteiger partial charge in [0.05, 0.1) is 0 Å². The molecule has 6 heteroatoms. The Morgan fingerprint density at radius 2 is 2.42 bits per heavy atom. The molecular weight excluding hydrogens is 242 g/mol. The van der Waals surface area contributed by atoms with Gasteiger partial charge in [-0.3, -0.25) is 0 Å². The smallest absolute Gasteiger partial charge is 0.134 e. The third-order valence-corrected chi connectivity index (χ3v) is 3.43. The van der Waals surface area contributed by atoms with Crippen LogP contribution in [-0.4, -0.2) is 49.4 Å². The Bertz CT molecular complexity index is 387. The van der Waals surface area contributed by atoms with Crippen molar-refractivity contribution in [1.82, 2.24) is 9.97 Å². The SMILES string of the molecule is COCCCNc1cc(N2CCCC2CN)ncn1. The second kappa shape index (κ2) is 7.25. The number of hydrogen-bond acceptors (Lipinski definition) is 6. The number of rotatable bonds is 7. The highest BCUT2D eigenvalue weighted by Crippen LogP contribution is 2.24. The molecule has 0 saturated carbocycles. The van der Waals surface area contributed by atoms with Crippen LogP contribution < -0.4 is 16.0 Å². The number of nitrogens with zero attached hydrogens (tertiary/aromatic N) is 3. The van der Waals surface area contributed by atoms with Gasteiger partial charge in [0, 0.05) is 45.5 Å². The monoisotopic (exact) mass is 265 g/mol. The number of hydrogen-bond donors (Lipinski definition) is 2. The fourth-order valence-corrected chi connectivity index (χ4v) is 2.42. The third kappa shape index (κ3) is 3.78. The molecule has 1 unspecified atom stereocenters. The van der Waals surface area contributed by atoms with Crippen molar-refractivity contribution in [2.45, 2.75) is 25.3 Å². The first-order valence-electron chi connectivity index (χ1n) is 6.86. The topological polar surface area (TPSA) is 76.3 Å². The molecule has 0 radical (unpaired) electrons. The lowest BCUT2D eigenvalue weighted by molar-refractivity contribution is 0.198. The van der Waals surface area contributed by atoms with Crippen LogP contribution in [0.1, 0.15) is 19.3 Å². The lowest BCUT2D eigenvalue weighted by Gasteiger charge is -2.24. The first-order chi connectivity index (χ1) is 9.35. The van der Waals surface area contributed by atoms with Crippen LogP contribution in [0.4, 0.5) is 11.6 Å². The molecule has 1 aromatic rings. The van der Waals surface area contributed by atoms with Crippen LogP contribution in [0.25, 0.3) is 0 Å². The highest BCUT2D eigenvalue weighted by atomic mass is 16.5. The Morgan fingerprint density at radius 1 is 1.53 bits per heavy atom. The molecule has 0 aromatic carbocycles. The molecule has 0 amide bonds. The van der Waals surface area contributed by atoms with E-state index in [2.05, 4.69) is 20.2 Å². The summed E-state index contributed by atoms with van der Waals surface area (Å²) < 4.78 is 5.02. The summed E-state index contributed by atoms with van der Waals surface area (Å²) in [5.74, 6) is 1.83. The van der Waals surface area contributed by atoms with Crippen LogP contribution in [-0.2, 0) is 4.74 Å². The molecule has 6 nitrogen and oxygen atoms in total. The molecule has 1 aliphatic heterocycles. The summed E-state index contributed by atoms with van der Waals surface area (Å²) >= 11 is 0. The Balaban J connectivity index is 1.94. The fourth-order valence-electron chi connectivity index (χ4n) is 2.42. The van der Waals surface area contributed by atoms with Crippen molar-refractivity contribution in [1.29, 1.82) is 0 Å². The molecule has 1 aliphatic rings. The van der Waals surface area contributed by atoms with Gasteiger partial charge in [-0.1, -0.05) is 0 Å². The summed E-state index contributed by atoms with van der Waals surface area (Å²) in [5.41, 5.74) is 5.80. The van der Waals surface area contributed by atoms with E-state index in [9.17, 15) is 0 Å². The van der Waals surface area contributed by atoms with Gasteiger partial charge in [-0.15, -0.1) is 0 Å². The van der Waals surface area contributed by atoms with E-state index in [-0.39, 0.29) is 0 Å². The predicted octanol–water partition coefficient (Wildman–Crippen LogP) is 0.853. The van der Waals surface area contributed by atoms with Crippen molar-refractivity contribution in [2.75, 3.05) is 43.6 Å². The number of anilines is 2. The molecule has 2 heterocycles. The zero-order valence-corrected chi connectivity index (χ0v) is 11.5. The maximum Gasteiger partial charge on any atom is 0.134 e. The van der Waals surface area contributed by atoms with E-state index < -0.39 is 0 Å². The Hall–Kier alpha value is -1.40. The van der Waals surface area contributed by atoms with E-state index in [1.165, 1.54) is 6.42 Å². The normalized spacial score (nSPS) is 18.8. The summed E-state index contributed by atoms with van der Waals surface area (Å²) in [7, 11) is 1.71. The molecule has 3 N–H and O–H groups in total. The van der Waals surface area contributed by atoms with Crippen molar-refractivity contribution in [3.8, 4) is 0 Å². The second-order valence-electron chi connectivity index (χ2n) is 4.76. The van der Waals surface area contributed by atoms with Gasteiger partial charge in [-0.25, -0.2) is 9.97 Å². The Morgan fingerprint density at radius 3 is 3.21 bits per heavy atom. The fraction of sp³-hybridized carbons (Fsp3) is 0.692. The number of methoxy groups -OCH3 is 1. The van der Waals surface area contributed by atoms with Gasteiger partial charge >= 0.3 is 0 Å². The minimum atomic E-state index is 0.413.